The Bertz CT molecular complexity index is 808. The Morgan fingerprint density at radius 1 is 1.24 bits per heavy atom. The fourth-order valence-electron chi connectivity index (χ4n) is 3.96. The molecule has 0 spiro atoms. The molecule has 0 atom stereocenters. The van der Waals surface area contributed by atoms with Crippen molar-refractivity contribution < 1.29 is 0 Å². The van der Waals surface area contributed by atoms with E-state index in [2.05, 4.69) is 20.0 Å². The van der Waals surface area contributed by atoms with Crippen molar-refractivity contribution >= 4 is 0 Å². The van der Waals surface area contributed by atoms with Crippen molar-refractivity contribution in [3.8, 4) is 0 Å². The number of nitrogens with zero attached hydrogens (tertiary/aromatic N) is 5. The van der Waals surface area contributed by atoms with Gasteiger partial charge in [0.2, 0.25) is 0 Å². The second-order valence-corrected chi connectivity index (χ2v) is 7.30. The van der Waals surface area contributed by atoms with Gasteiger partial charge >= 0.3 is 0 Å². The Kier molecular flexibility index (Phi) is 4.61. The van der Waals surface area contributed by atoms with Gasteiger partial charge in [-0.05, 0) is 69.7 Å². The highest BCUT2D eigenvalue weighted by molar-refractivity contribution is 5.22. The van der Waals surface area contributed by atoms with Crippen LogP contribution in [0, 0.1) is 12.8 Å². The van der Waals surface area contributed by atoms with Crippen molar-refractivity contribution in [2.75, 3.05) is 13.1 Å². The highest BCUT2D eigenvalue weighted by Crippen LogP contribution is 2.21. The number of aromatic nitrogens is 4. The van der Waals surface area contributed by atoms with E-state index in [9.17, 15) is 4.79 Å². The third-order valence-corrected chi connectivity index (χ3v) is 5.38. The second-order valence-electron chi connectivity index (χ2n) is 7.30. The van der Waals surface area contributed by atoms with Gasteiger partial charge in [-0.25, -0.2) is 14.6 Å². The molecule has 132 valence electrons. The maximum absolute atomic E-state index is 12.3. The summed E-state index contributed by atoms with van der Waals surface area (Å²) in [6.07, 6.45) is 7.21. The Morgan fingerprint density at radius 3 is 2.88 bits per heavy atom. The number of piperidine rings is 1. The Hall–Kier alpha value is -2.08. The van der Waals surface area contributed by atoms with Gasteiger partial charge in [-0.3, -0.25) is 9.69 Å². The Morgan fingerprint density at radius 2 is 2.08 bits per heavy atom. The van der Waals surface area contributed by atoms with Crippen molar-refractivity contribution in [2.45, 2.75) is 52.1 Å². The van der Waals surface area contributed by atoms with Crippen LogP contribution in [0.2, 0.25) is 0 Å². The number of aryl methyl sites for hydroxylation is 3. The highest BCUT2D eigenvalue weighted by atomic mass is 16.1. The quantitative estimate of drug-likeness (QED) is 0.849. The van der Waals surface area contributed by atoms with Gasteiger partial charge in [0, 0.05) is 25.4 Å². The molecule has 0 unspecified atom stereocenters. The summed E-state index contributed by atoms with van der Waals surface area (Å²) in [7, 11) is 0. The molecule has 1 saturated heterocycles. The van der Waals surface area contributed by atoms with Crippen LogP contribution >= 0.6 is 0 Å². The van der Waals surface area contributed by atoms with Gasteiger partial charge in [-0.15, -0.1) is 0 Å². The maximum Gasteiger partial charge on any atom is 0.267 e. The first kappa shape index (κ1) is 16.4. The molecule has 6 heteroatoms. The normalized spacial score (nSPS) is 18.4. The Balaban J connectivity index is 1.34. The number of hydrogen-bond acceptors (Lipinski definition) is 5. The zero-order chi connectivity index (χ0) is 17.2. The fraction of sp³-hybridized carbons (Fsp3) is 0.579. The molecule has 0 bridgehead atoms. The average Bonchev–Trinajstić information content (AvgIpc) is 3.04. The summed E-state index contributed by atoms with van der Waals surface area (Å²) < 4.78 is 1.71. The molecular formula is C19H25N5O. The van der Waals surface area contributed by atoms with Gasteiger partial charge in [0.1, 0.15) is 5.82 Å². The van der Waals surface area contributed by atoms with Gasteiger partial charge in [-0.2, -0.15) is 5.10 Å². The standard InChI is InChI=1S/C19H25N5O/c1-14-20-8-5-17(21-14)13-23-9-6-15(7-10-23)12-24-19(25)11-16-3-2-4-18(16)22-24/h5,8,11,15H,2-4,6-7,9-10,12-13H2,1H3. The third kappa shape index (κ3) is 3.79. The lowest BCUT2D eigenvalue weighted by molar-refractivity contribution is 0.161. The van der Waals surface area contributed by atoms with E-state index in [1.165, 1.54) is 0 Å². The predicted octanol–water partition coefficient (Wildman–Crippen LogP) is 1.74. The SMILES string of the molecule is Cc1nccc(CN2CCC(Cn3nc4c(cc3=O)CCC4)CC2)n1. The molecule has 1 aliphatic carbocycles. The van der Waals surface area contributed by atoms with E-state index >= 15 is 0 Å². The van der Waals surface area contributed by atoms with Crippen LogP contribution in [-0.2, 0) is 25.9 Å². The summed E-state index contributed by atoms with van der Waals surface area (Å²) in [5.41, 5.74) is 3.45. The molecule has 1 fully saturated rings. The summed E-state index contributed by atoms with van der Waals surface area (Å²) in [4.78, 5) is 23.4. The van der Waals surface area contributed by atoms with Crippen LogP contribution in [0.25, 0.3) is 0 Å². The summed E-state index contributed by atoms with van der Waals surface area (Å²) in [6.45, 7) is 5.66. The number of hydrogen-bond donors (Lipinski definition) is 0. The first-order valence-corrected chi connectivity index (χ1v) is 9.28. The van der Waals surface area contributed by atoms with E-state index in [4.69, 9.17) is 0 Å². The maximum atomic E-state index is 12.3. The first-order valence-electron chi connectivity index (χ1n) is 9.28. The van der Waals surface area contributed by atoms with Crippen molar-refractivity contribution in [1.82, 2.24) is 24.6 Å². The number of fused-ring (bicyclic) bond motifs is 1. The lowest BCUT2D eigenvalue weighted by atomic mass is 9.96. The lowest BCUT2D eigenvalue weighted by Crippen LogP contribution is -2.36. The zero-order valence-corrected chi connectivity index (χ0v) is 14.8. The van der Waals surface area contributed by atoms with Crippen LogP contribution in [0.3, 0.4) is 0 Å². The van der Waals surface area contributed by atoms with Gasteiger partial charge in [0.25, 0.3) is 5.56 Å². The highest BCUT2D eigenvalue weighted by Gasteiger charge is 2.22. The average molecular weight is 339 g/mol. The molecule has 25 heavy (non-hydrogen) atoms. The molecule has 2 aliphatic rings. The number of rotatable bonds is 4. The molecule has 3 heterocycles. The van der Waals surface area contributed by atoms with Gasteiger partial charge in [-0.1, -0.05) is 0 Å². The number of likely N-dealkylation sites (tertiary alicyclic amines) is 1. The molecule has 4 rings (SSSR count). The molecule has 0 saturated carbocycles. The van der Waals surface area contributed by atoms with Crippen LogP contribution in [0.4, 0.5) is 0 Å². The van der Waals surface area contributed by atoms with E-state index in [1.54, 1.807) is 4.68 Å². The van der Waals surface area contributed by atoms with Crippen molar-refractivity contribution in [1.29, 1.82) is 0 Å². The van der Waals surface area contributed by atoms with E-state index in [-0.39, 0.29) is 5.56 Å². The summed E-state index contributed by atoms with van der Waals surface area (Å²) >= 11 is 0. The minimum absolute atomic E-state index is 0.0690. The summed E-state index contributed by atoms with van der Waals surface area (Å²) in [5.74, 6) is 1.36. The lowest BCUT2D eigenvalue weighted by Gasteiger charge is -2.31. The summed E-state index contributed by atoms with van der Waals surface area (Å²) in [6, 6.07) is 3.80. The van der Waals surface area contributed by atoms with Crippen LogP contribution in [0.5, 0.6) is 0 Å². The molecule has 0 aromatic carbocycles. The molecule has 2 aromatic heterocycles. The van der Waals surface area contributed by atoms with Crippen LogP contribution in [0.15, 0.2) is 23.1 Å². The Labute approximate surface area is 147 Å². The van der Waals surface area contributed by atoms with Crippen molar-refractivity contribution in [3.05, 3.63) is 51.5 Å². The van der Waals surface area contributed by atoms with E-state index in [1.807, 2.05) is 25.3 Å². The van der Waals surface area contributed by atoms with E-state index in [0.29, 0.717) is 5.92 Å². The van der Waals surface area contributed by atoms with Crippen LogP contribution < -0.4 is 5.56 Å². The summed E-state index contributed by atoms with van der Waals surface area (Å²) in [5, 5.41) is 4.62. The minimum Gasteiger partial charge on any atom is -0.297 e. The van der Waals surface area contributed by atoms with E-state index in [0.717, 1.165) is 81.1 Å². The molecule has 0 N–H and O–H groups in total. The molecular weight excluding hydrogens is 314 g/mol. The fourth-order valence-corrected chi connectivity index (χ4v) is 3.96. The molecule has 0 radical (unpaired) electrons. The van der Waals surface area contributed by atoms with Gasteiger partial charge in [0.15, 0.2) is 0 Å². The topological polar surface area (TPSA) is 63.9 Å². The smallest absolute Gasteiger partial charge is 0.267 e. The largest absolute Gasteiger partial charge is 0.297 e. The van der Waals surface area contributed by atoms with Crippen LogP contribution in [-0.4, -0.2) is 37.7 Å². The molecule has 1 aliphatic heterocycles. The van der Waals surface area contributed by atoms with Crippen molar-refractivity contribution in [3.63, 3.8) is 0 Å². The van der Waals surface area contributed by atoms with Crippen molar-refractivity contribution in [2.24, 2.45) is 5.92 Å². The van der Waals surface area contributed by atoms with E-state index < -0.39 is 0 Å². The van der Waals surface area contributed by atoms with Gasteiger partial charge in [0.05, 0.1) is 11.4 Å². The third-order valence-electron chi connectivity index (χ3n) is 5.38. The molecule has 2 aromatic rings. The van der Waals surface area contributed by atoms with Gasteiger partial charge < -0.3 is 0 Å². The minimum atomic E-state index is 0.0690. The second kappa shape index (κ2) is 7.04. The predicted molar refractivity (Wildman–Crippen MR) is 95.3 cm³/mol. The molecule has 0 amide bonds. The van der Waals surface area contributed by atoms with Crippen LogP contribution in [0.1, 0.15) is 42.0 Å². The first-order chi connectivity index (χ1) is 12.2. The monoisotopic (exact) mass is 339 g/mol. The molecule has 6 nitrogen and oxygen atoms in total. The zero-order valence-electron chi connectivity index (χ0n) is 14.8.